The van der Waals surface area contributed by atoms with E-state index < -0.39 is 45.9 Å². The molecule has 13 heteroatoms. The maximum atomic E-state index is 13.0. The van der Waals surface area contributed by atoms with Crippen molar-refractivity contribution < 1.29 is 41.9 Å². The third-order valence-electron chi connectivity index (χ3n) is 4.48. The summed E-state index contributed by atoms with van der Waals surface area (Å²) in [6, 6.07) is 1.23. The summed E-state index contributed by atoms with van der Waals surface area (Å²) >= 11 is 0. The molecule has 0 bridgehead atoms. The molecule has 1 aromatic rings. The number of amides is 1. The van der Waals surface area contributed by atoms with Crippen LogP contribution in [0.15, 0.2) is 12.1 Å². The van der Waals surface area contributed by atoms with Gasteiger partial charge in [-0.15, -0.1) is 13.2 Å². The number of nitro groups is 1. The minimum Gasteiger partial charge on any atom is -0.462 e. The van der Waals surface area contributed by atoms with Crippen LogP contribution in [0.1, 0.15) is 50.0 Å². The smallest absolute Gasteiger partial charge is 0.462 e. The van der Waals surface area contributed by atoms with Crippen LogP contribution in [0.25, 0.3) is 0 Å². The van der Waals surface area contributed by atoms with Gasteiger partial charge in [0.15, 0.2) is 0 Å². The van der Waals surface area contributed by atoms with Crippen LogP contribution in [0.2, 0.25) is 0 Å². The van der Waals surface area contributed by atoms with Crippen LogP contribution in [-0.2, 0) is 16.0 Å². The van der Waals surface area contributed by atoms with Gasteiger partial charge in [0.05, 0.1) is 11.5 Å². The number of likely N-dealkylation sites (tertiary alicyclic amines) is 1. The van der Waals surface area contributed by atoms with Crippen molar-refractivity contribution in [2.24, 2.45) is 0 Å². The summed E-state index contributed by atoms with van der Waals surface area (Å²) in [6.07, 6.45) is -5.20. The van der Waals surface area contributed by atoms with Crippen LogP contribution in [0, 0.1) is 10.1 Å². The lowest BCUT2D eigenvalue weighted by Gasteiger charge is -2.22. The number of alkyl carbamates (subject to hydrolysis) is 1. The Labute approximate surface area is 188 Å². The number of benzene rings is 1. The molecule has 1 aromatic carbocycles. The van der Waals surface area contributed by atoms with Gasteiger partial charge in [0, 0.05) is 43.4 Å². The summed E-state index contributed by atoms with van der Waals surface area (Å²) in [6.45, 7) is 7.01. The normalized spacial score (nSPS) is 16.9. The van der Waals surface area contributed by atoms with E-state index >= 15 is 0 Å². The SMILES string of the molecule is CCOC(=O)c1cc(OC(F)(F)F)c(CN2CC[C@@H](NC(=O)OC(C)(C)C)C2)cc1[N+](=O)[O-]. The van der Waals surface area contributed by atoms with Crippen molar-refractivity contribution in [3.05, 3.63) is 33.4 Å². The number of rotatable bonds is 7. The Bertz CT molecular complexity index is 900. The number of halogens is 3. The number of carbonyl (C=O) groups is 2. The number of nitro benzene ring substituents is 1. The number of nitrogens with zero attached hydrogens (tertiary/aromatic N) is 2. The zero-order valence-corrected chi connectivity index (χ0v) is 18.7. The summed E-state index contributed by atoms with van der Waals surface area (Å²) in [5.74, 6) is -1.87. The standard InChI is InChI=1S/C20H26F3N3O7/c1-5-31-17(27)14-9-16(32-20(21,22)23)12(8-15(14)26(29)30)10-25-7-6-13(11-25)24-18(28)33-19(2,3)4/h8-9,13H,5-7,10-11H2,1-4H3,(H,24,28)/t13-/m1/s1. The van der Waals surface area contributed by atoms with Gasteiger partial charge in [0.25, 0.3) is 5.69 Å². The fraction of sp³-hybridized carbons (Fsp3) is 0.600. The lowest BCUT2D eigenvalue weighted by Crippen LogP contribution is -2.40. The second-order valence-corrected chi connectivity index (χ2v) is 8.37. The van der Waals surface area contributed by atoms with Crippen LogP contribution in [0.5, 0.6) is 5.75 Å². The molecule has 1 aliphatic heterocycles. The van der Waals surface area contributed by atoms with E-state index in [2.05, 4.69) is 10.1 Å². The number of esters is 1. The molecule has 0 aliphatic carbocycles. The van der Waals surface area contributed by atoms with Crippen LogP contribution in [0.3, 0.4) is 0 Å². The average molecular weight is 477 g/mol. The highest BCUT2D eigenvalue weighted by molar-refractivity contribution is 5.94. The van der Waals surface area contributed by atoms with Gasteiger partial charge in [-0.3, -0.25) is 15.0 Å². The predicted molar refractivity (Wildman–Crippen MR) is 109 cm³/mol. The van der Waals surface area contributed by atoms with Gasteiger partial charge in [-0.25, -0.2) is 9.59 Å². The highest BCUT2D eigenvalue weighted by Crippen LogP contribution is 2.34. The van der Waals surface area contributed by atoms with Gasteiger partial charge in [-0.05, 0) is 34.1 Å². The highest BCUT2D eigenvalue weighted by Gasteiger charge is 2.35. The van der Waals surface area contributed by atoms with Crippen molar-refractivity contribution in [1.82, 2.24) is 10.2 Å². The van der Waals surface area contributed by atoms with Crippen molar-refractivity contribution >= 4 is 17.7 Å². The first kappa shape index (κ1) is 26.2. The van der Waals surface area contributed by atoms with Crippen molar-refractivity contribution in [2.75, 3.05) is 19.7 Å². The fourth-order valence-electron chi connectivity index (χ4n) is 3.29. The monoisotopic (exact) mass is 477 g/mol. The molecule has 0 unspecified atom stereocenters. The van der Waals surface area contributed by atoms with Gasteiger partial charge in [-0.2, -0.15) is 0 Å². The van der Waals surface area contributed by atoms with Crippen LogP contribution < -0.4 is 10.1 Å². The summed E-state index contributed by atoms with van der Waals surface area (Å²) in [4.78, 5) is 36.3. The van der Waals surface area contributed by atoms with Crippen molar-refractivity contribution in [3.63, 3.8) is 0 Å². The second kappa shape index (κ2) is 10.2. The molecule has 1 fully saturated rings. The van der Waals surface area contributed by atoms with Crippen LogP contribution in [0.4, 0.5) is 23.7 Å². The molecule has 2 rings (SSSR count). The number of ether oxygens (including phenoxy) is 3. The van der Waals surface area contributed by atoms with E-state index in [1.54, 1.807) is 25.7 Å². The first-order chi connectivity index (χ1) is 15.2. The summed E-state index contributed by atoms with van der Waals surface area (Å²) in [5, 5.41) is 14.2. The zero-order chi connectivity index (χ0) is 25.0. The van der Waals surface area contributed by atoms with Gasteiger partial charge in [0.2, 0.25) is 0 Å². The molecule has 1 aliphatic rings. The van der Waals surface area contributed by atoms with Gasteiger partial charge < -0.3 is 19.5 Å². The zero-order valence-electron chi connectivity index (χ0n) is 18.7. The molecular weight excluding hydrogens is 451 g/mol. The van der Waals surface area contributed by atoms with Crippen molar-refractivity contribution in [1.29, 1.82) is 0 Å². The lowest BCUT2D eigenvalue weighted by molar-refractivity contribution is -0.385. The Hall–Kier alpha value is -3.09. The topological polar surface area (TPSA) is 120 Å². The summed E-state index contributed by atoms with van der Waals surface area (Å²) in [7, 11) is 0. The molecule has 1 atom stereocenters. The second-order valence-electron chi connectivity index (χ2n) is 8.37. The number of alkyl halides is 3. The maximum Gasteiger partial charge on any atom is 0.573 e. The van der Waals surface area contributed by atoms with E-state index in [9.17, 15) is 32.9 Å². The average Bonchev–Trinajstić information content (AvgIpc) is 3.06. The molecule has 1 N–H and O–H groups in total. The van der Waals surface area contributed by atoms with E-state index in [4.69, 9.17) is 9.47 Å². The van der Waals surface area contributed by atoms with E-state index in [1.807, 2.05) is 0 Å². The van der Waals surface area contributed by atoms with Crippen LogP contribution in [-0.4, -0.2) is 59.6 Å². The molecule has 0 radical (unpaired) electrons. The minimum absolute atomic E-state index is 0.118. The first-order valence-corrected chi connectivity index (χ1v) is 10.1. The number of carbonyl (C=O) groups excluding carboxylic acids is 2. The number of hydrogen-bond donors (Lipinski definition) is 1. The van der Waals surface area contributed by atoms with Crippen molar-refractivity contribution in [3.8, 4) is 5.75 Å². The molecule has 1 amide bonds. The van der Waals surface area contributed by atoms with E-state index in [1.165, 1.54) is 6.92 Å². The van der Waals surface area contributed by atoms with Crippen LogP contribution >= 0.6 is 0 Å². The summed E-state index contributed by atoms with van der Waals surface area (Å²) < 4.78 is 52.9. The Morgan fingerprint density at radius 2 is 1.94 bits per heavy atom. The maximum absolute atomic E-state index is 13.0. The Morgan fingerprint density at radius 3 is 2.48 bits per heavy atom. The first-order valence-electron chi connectivity index (χ1n) is 10.1. The largest absolute Gasteiger partial charge is 0.573 e. The molecule has 0 saturated carbocycles. The molecule has 1 heterocycles. The van der Waals surface area contributed by atoms with E-state index in [0.29, 0.717) is 19.0 Å². The molecule has 33 heavy (non-hydrogen) atoms. The third kappa shape index (κ3) is 8.08. The Balaban J connectivity index is 2.26. The van der Waals surface area contributed by atoms with Gasteiger partial charge in [0.1, 0.15) is 16.9 Å². The molecule has 184 valence electrons. The molecule has 0 aromatic heterocycles. The Kier molecular flexibility index (Phi) is 8.11. The Morgan fingerprint density at radius 1 is 1.27 bits per heavy atom. The fourth-order valence-corrected chi connectivity index (χ4v) is 3.29. The summed E-state index contributed by atoms with van der Waals surface area (Å²) in [5.41, 5.74) is -2.16. The predicted octanol–water partition coefficient (Wildman–Crippen LogP) is 3.77. The van der Waals surface area contributed by atoms with Crippen molar-refractivity contribution in [2.45, 2.75) is 58.7 Å². The highest BCUT2D eigenvalue weighted by atomic mass is 19.4. The quantitative estimate of drug-likeness (QED) is 0.358. The number of hydrogen-bond acceptors (Lipinski definition) is 8. The van der Waals surface area contributed by atoms with Gasteiger partial charge in [-0.1, -0.05) is 0 Å². The van der Waals surface area contributed by atoms with E-state index in [0.717, 1.165) is 6.07 Å². The molecule has 0 spiro atoms. The molecule has 1 saturated heterocycles. The molecule has 10 nitrogen and oxygen atoms in total. The van der Waals surface area contributed by atoms with Gasteiger partial charge >= 0.3 is 18.4 Å². The number of nitrogens with one attached hydrogen (secondary N) is 1. The molecular formula is C20H26F3N3O7. The van der Waals surface area contributed by atoms with E-state index in [-0.39, 0.29) is 31.3 Å². The minimum atomic E-state index is -5.08. The lowest BCUT2D eigenvalue weighted by atomic mass is 10.1. The third-order valence-corrected chi connectivity index (χ3v) is 4.48.